The fraction of sp³-hybridized carbons (Fsp3) is 0.462. The van der Waals surface area contributed by atoms with Crippen molar-refractivity contribution in [3.63, 3.8) is 0 Å². The van der Waals surface area contributed by atoms with E-state index in [4.69, 9.17) is 0 Å². The quantitative estimate of drug-likeness (QED) is 0.723. The van der Waals surface area contributed by atoms with Crippen LogP contribution in [0.15, 0.2) is 24.3 Å². The van der Waals surface area contributed by atoms with Gasteiger partial charge in [-0.15, -0.1) is 0 Å². The number of anilines is 1. The molecule has 1 aliphatic heterocycles. The monoisotopic (exact) mass is 203 g/mol. The van der Waals surface area contributed by atoms with Crippen LogP contribution >= 0.6 is 0 Å². The van der Waals surface area contributed by atoms with E-state index < -0.39 is 0 Å². The molecule has 2 rings (SSSR count). The van der Waals surface area contributed by atoms with Gasteiger partial charge in [0.1, 0.15) is 0 Å². The summed E-state index contributed by atoms with van der Waals surface area (Å²) in [5, 5.41) is 0. The zero-order chi connectivity index (χ0) is 10.8. The smallest absolute Gasteiger partial charge is 0.227 e. The second kappa shape index (κ2) is 4.05. The predicted octanol–water partition coefficient (Wildman–Crippen LogP) is 2.94. The highest BCUT2D eigenvalue weighted by Gasteiger charge is 2.21. The molecule has 0 saturated carbocycles. The molecule has 0 radical (unpaired) electrons. The first kappa shape index (κ1) is 10.2. The number of carbonyl (C=O) groups is 1. The van der Waals surface area contributed by atoms with Crippen LogP contribution < -0.4 is 4.90 Å². The van der Waals surface area contributed by atoms with Crippen LogP contribution in [0.25, 0.3) is 0 Å². The Balaban J connectivity index is 2.28. The first-order valence-electron chi connectivity index (χ1n) is 5.59. The summed E-state index contributed by atoms with van der Waals surface area (Å²) < 4.78 is 0. The van der Waals surface area contributed by atoms with E-state index in [1.807, 2.05) is 17.0 Å². The molecule has 2 nitrogen and oxygen atoms in total. The normalized spacial score (nSPS) is 16.5. The van der Waals surface area contributed by atoms with Crippen molar-refractivity contribution < 1.29 is 4.79 Å². The van der Waals surface area contributed by atoms with E-state index >= 15 is 0 Å². The first-order valence-corrected chi connectivity index (χ1v) is 5.59. The lowest BCUT2D eigenvalue weighted by molar-refractivity contribution is -0.117. The van der Waals surface area contributed by atoms with Crippen LogP contribution in [-0.4, -0.2) is 12.5 Å². The van der Waals surface area contributed by atoms with Crippen LogP contribution in [0.2, 0.25) is 0 Å². The average Bonchev–Trinajstić information content (AvgIpc) is 2.64. The Bertz CT molecular complexity index is 371. The van der Waals surface area contributed by atoms with Gasteiger partial charge < -0.3 is 4.90 Å². The van der Waals surface area contributed by atoms with E-state index in [-0.39, 0.29) is 5.91 Å². The van der Waals surface area contributed by atoms with Crippen molar-refractivity contribution in [2.24, 2.45) is 0 Å². The lowest BCUT2D eigenvalue weighted by Crippen LogP contribution is -2.23. The summed E-state index contributed by atoms with van der Waals surface area (Å²) >= 11 is 0. The summed E-state index contributed by atoms with van der Waals surface area (Å²) in [7, 11) is 0. The van der Waals surface area contributed by atoms with E-state index in [9.17, 15) is 4.79 Å². The molecule has 0 aliphatic carbocycles. The van der Waals surface area contributed by atoms with Gasteiger partial charge in [0.2, 0.25) is 5.91 Å². The summed E-state index contributed by atoms with van der Waals surface area (Å²) in [6, 6.07) is 8.31. The number of benzene rings is 1. The third-order valence-corrected chi connectivity index (χ3v) is 2.92. The molecule has 0 spiro atoms. The number of carbonyl (C=O) groups excluding carboxylic acids is 1. The first-order chi connectivity index (χ1) is 7.18. The van der Waals surface area contributed by atoms with E-state index in [0.29, 0.717) is 12.3 Å². The minimum absolute atomic E-state index is 0.260. The molecule has 1 amide bonds. The third kappa shape index (κ3) is 2.04. The highest BCUT2D eigenvalue weighted by molar-refractivity contribution is 5.95. The molecular weight excluding hydrogens is 186 g/mol. The second-order valence-electron chi connectivity index (χ2n) is 4.40. The lowest BCUT2D eigenvalue weighted by Gasteiger charge is -2.17. The van der Waals surface area contributed by atoms with Gasteiger partial charge in [-0.2, -0.15) is 0 Å². The van der Waals surface area contributed by atoms with Crippen LogP contribution in [0.4, 0.5) is 5.69 Å². The van der Waals surface area contributed by atoms with E-state index in [2.05, 4.69) is 26.0 Å². The van der Waals surface area contributed by atoms with Crippen molar-refractivity contribution in [3.8, 4) is 0 Å². The lowest BCUT2D eigenvalue weighted by atomic mass is 10.0. The summed E-state index contributed by atoms with van der Waals surface area (Å²) in [4.78, 5) is 13.5. The van der Waals surface area contributed by atoms with Crippen LogP contribution in [0.1, 0.15) is 38.2 Å². The Morgan fingerprint density at radius 1 is 1.33 bits per heavy atom. The Morgan fingerprint density at radius 3 is 2.73 bits per heavy atom. The molecule has 15 heavy (non-hydrogen) atoms. The standard InChI is InChI=1S/C13H17NO/c1-10(2)11-5-3-6-12(9-11)14-8-4-7-13(14)15/h3,5-6,9-10H,4,7-8H2,1-2H3. The van der Waals surface area contributed by atoms with Crippen LogP contribution in [0.5, 0.6) is 0 Å². The minimum Gasteiger partial charge on any atom is -0.312 e. The van der Waals surface area contributed by atoms with E-state index in [1.165, 1.54) is 5.56 Å². The maximum atomic E-state index is 11.6. The van der Waals surface area contributed by atoms with Gasteiger partial charge in [-0.3, -0.25) is 4.79 Å². The van der Waals surface area contributed by atoms with Gasteiger partial charge in [-0.05, 0) is 30.0 Å². The van der Waals surface area contributed by atoms with Gasteiger partial charge in [0, 0.05) is 18.7 Å². The molecule has 1 aromatic carbocycles. The van der Waals surface area contributed by atoms with Gasteiger partial charge >= 0.3 is 0 Å². The number of nitrogens with zero attached hydrogens (tertiary/aromatic N) is 1. The summed E-state index contributed by atoms with van der Waals surface area (Å²) in [6.45, 7) is 5.22. The van der Waals surface area contributed by atoms with Crippen molar-refractivity contribution in [2.45, 2.75) is 32.6 Å². The van der Waals surface area contributed by atoms with Crippen LogP contribution in [0, 0.1) is 0 Å². The third-order valence-electron chi connectivity index (χ3n) is 2.92. The number of hydrogen-bond donors (Lipinski definition) is 0. The molecule has 0 bridgehead atoms. The molecule has 1 heterocycles. The highest BCUT2D eigenvalue weighted by Crippen LogP contribution is 2.25. The van der Waals surface area contributed by atoms with Crippen LogP contribution in [0.3, 0.4) is 0 Å². The second-order valence-corrected chi connectivity index (χ2v) is 4.40. The molecule has 80 valence electrons. The molecule has 0 unspecified atom stereocenters. The molecule has 1 fully saturated rings. The fourth-order valence-electron chi connectivity index (χ4n) is 1.97. The molecule has 0 aromatic heterocycles. The average molecular weight is 203 g/mol. The molecule has 0 atom stereocenters. The molecule has 0 N–H and O–H groups in total. The Morgan fingerprint density at radius 2 is 2.13 bits per heavy atom. The number of rotatable bonds is 2. The van der Waals surface area contributed by atoms with E-state index in [0.717, 1.165) is 18.7 Å². The maximum absolute atomic E-state index is 11.6. The largest absolute Gasteiger partial charge is 0.312 e. The molecule has 2 heteroatoms. The van der Waals surface area contributed by atoms with Gasteiger partial charge in [-0.25, -0.2) is 0 Å². The molecule has 1 aliphatic rings. The highest BCUT2D eigenvalue weighted by atomic mass is 16.2. The summed E-state index contributed by atoms with van der Waals surface area (Å²) in [5.41, 5.74) is 2.36. The van der Waals surface area contributed by atoms with Crippen molar-refractivity contribution in [1.82, 2.24) is 0 Å². The van der Waals surface area contributed by atoms with Crippen LogP contribution in [-0.2, 0) is 4.79 Å². The fourth-order valence-corrected chi connectivity index (χ4v) is 1.97. The van der Waals surface area contributed by atoms with Crippen molar-refractivity contribution >= 4 is 11.6 Å². The zero-order valence-corrected chi connectivity index (χ0v) is 9.36. The minimum atomic E-state index is 0.260. The van der Waals surface area contributed by atoms with Gasteiger partial charge in [-0.1, -0.05) is 26.0 Å². The summed E-state index contributed by atoms with van der Waals surface area (Å²) in [5.74, 6) is 0.776. The van der Waals surface area contributed by atoms with Crippen molar-refractivity contribution in [2.75, 3.05) is 11.4 Å². The predicted molar refractivity (Wildman–Crippen MR) is 62.1 cm³/mol. The summed E-state index contributed by atoms with van der Waals surface area (Å²) in [6.07, 6.45) is 1.69. The Kier molecular flexibility index (Phi) is 2.76. The number of amides is 1. The maximum Gasteiger partial charge on any atom is 0.227 e. The SMILES string of the molecule is CC(C)c1cccc(N2CCCC2=O)c1. The Hall–Kier alpha value is -1.31. The van der Waals surface area contributed by atoms with E-state index in [1.54, 1.807) is 0 Å². The Labute approximate surface area is 90.9 Å². The van der Waals surface area contributed by atoms with Crippen molar-refractivity contribution in [3.05, 3.63) is 29.8 Å². The van der Waals surface area contributed by atoms with Crippen molar-refractivity contribution in [1.29, 1.82) is 0 Å². The number of hydrogen-bond acceptors (Lipinski definition) is 1. The topological polar surface area (TPSA) is 20.3 Å². The van der Waals surface area contributed by atoms with Gasteiger partial charge in [0.05, 0.1) is 0 Å². The van der Waals surface area contributed by atoms with Gasteiger partial charge in [0.25, 0.3) is 0 Å². The van der Waals surface area contributed by atoms with Gasteiger partial charge in [0.15, 0.2) is 0 Å². The molecule has 1 saturated heterocycles. The zero-order valence-electron chi connectivity index (χ0n) is 9.36. The molecular formula is C13H17NO. The molecule has 1 aromatic rings.